The van der Waals surface area contributed by atoms with E-state index in [4.69, 9.17) is 5.73 Å². The zero-order valence-corrected chi connectivity index (χ0v) is 14.8. The van der Waals surface area contributed by atoms with Gasteiger partial charge in [0.05, 0.1) is 0 Å². The Kier molecular flexibility index (Phi) is 6.02. The molecule has 0 radical (unpaired) electrons. The number of aryl methyl sites for hydroxylation is 1. The molecule has 2 aromatic rings. The fourth-order valence-corrected chi connectivity index (χ4v) is 3.26. The molecule has 2 aromatic carbocycles. The second-order valence-corrected chi connectivity index (χ2v) is 6.71. The maximum atomic E-state index is 12.4. The van der Waals surface area contributed by atoms with Crippen LogP contribution in [0.1, 0.15) is 30.0 Å². The smallest absolute Gasteiger partial charge is 0.241 e. The molecule has 1 heterocycles. The Bertz CT molecular complexity index is 733. The van der Waals surface area contributed by atoms with Crippen molar-refractivity contribution in [3.8, 4) is 0 Å². The van der Waals surface area contributed by atoms with Gasteiger partial charge in [-0.1, -0.05) is 60.7 Å². The van der Waals surface area contributed by atoms with Gasteiger partial charge in [0, 0.05) is 25.6 Å². The summed E-state index contributed by atoms with van der Waals surface area (Å²) >= 11 is 0. The first-order valence-corrected chi connectivity index (χ1v) is 9.06. The molecular formula is C21H25N3O2. The highest BCUT2D eigenvalue weighted by Crippen LogP contribution is 2.15. The normalized spacial score (nSPS) is 17.7. The zero-order chi connectivity index (χ0) is 18.4. The number of amides is 2. The van der Waals surface area contributed by atoms with Gasteiger partial charge in [-0.25, -0.2) is 0 Å². The highest BCUT2D eigenvalue weighted by molar-refractivity contribution is 5.83. The standard InChI is InChI=1S/C21H25N3O2/c22-20(17-9-5-2-6-10-17)21(26)23-18-13-14-24(15-18)19(25)12-11-16-7-3-1-4-8-16/h1-10,18,20H,11-15,22H2,(H,23,26). The van der Waals surface area contributed by atoms with E-state index in [-0.39, 0.29) is 17.9 Å². The third kappa shape index (κ3) is 4.70. The van der Waals surface area contributed by atoms with Gasteiger partial charge < -0.3 is 16.0 Å². The van der Waals surface area contributed by atoms with Gasteiger partial charge in [-0.15, -0.1) is 0 Å². The van der Waals surface area contributed by atoms with Gasteiger partial charge in [0.1, 0.15) is 6.04 Å². The molecule has 0 bridgehead atoms. The monoisotopic (exact) mass is 351 g/mol. The molecule has 1 aliphatic heterocycles. The molecule has 1 aliphatic rings. The summed E-state index contributed by atoms with van der Waals surface area (Å²) in [5, 5.41) is 2.98. The molecule has 3 N–H and O–H groups in total. The zero-order valence-electron chi connectivity index (χ0n) is 14.8. The molecule has 1 fully saturated rings. The molecule has 2 atom stereocenters. The highest BCUT2D eigenvalue weighted by Gasteiger charge is 2.28. The van der Waals surface area contributed by atoms with E-state index < -0.39 is 6.04 Å². The minimum absolute atomic E-state index is 0.0297. The van der Waals surface area contributed by atoms with Crippen LogP contribution in [0.5, 0.6) is 0 Å². The van der Waals surface area contributed by atoms with Gasteiger partial charge in [-0.3, -0.25) is 9.59 Å². The minimum atomic E-state index is -0.681. The van der Waals surface area contributed by atoms with Gasteiger partial charge >= 0.3 is 0 Å². The molecule has 3 rings (SSSR count). The number of carbonyl (C=O) groups excluding carboxylic acids is 2. The Hall–Kier alpha value is -2.66. The summed E-state index contributed by atoms with van der Waals surface area (Å²) in [6.07, 6.45) is 2.00. The molecule has 0 aliphatic carbocycles. The number of carbonyl (C=O) groups is 2. The van der Waals surface area contributed by atoms with Crippen molar-refractivity contribution in [2.75, 3.05) is 13.1 Å². The lowest BCUT2D eigenvalue weighted by molar-refractivity contribution is -0.130. The van der Waals surface area contributed by atoms with Crippen LogP contribution >= 0.6 is 0 Å². The number of nitrogens with one attached hydrogen (secondary N) is 1. The summed E-state index contributed by atoms with van der Waals surface area (Å²) in [4.78, 5) is 26.6. The first kappa shape index (κ1) is 18.1. The van der Waals surface area contributed by atoms with Crippen molar-refractivity contribution < 1.29 is 9.59 Å². The number of likely N-dealkylation sites (tertiary alicyclic amines) is 1. The molecular weight excluding hydrogens is 326 g/mol. The average Bonchev–Trinajstić information content (AvgIpc) is 3.15. The van der Waals surface area contributed by atoms with Crippen molar-refractivity contribution in [1.82, 2.24) is 10.2 Å². The summed E-state index contributed by atoms with van der Waals surface area (Å²) < 4.78 is 0. The molecule has 0 saturated carbocycles. The minimum Gasteiger partial charge on any atom is -0.350 e. The number of nitrogens with two attached hydrogens (primary N) is 1. The van der Waals surface area contributed by atoms with Crippen molar-refractivity contribution >= 4 is 11.8 Å². The molecule has 5 nitrogen and oxygen atoms in total. The predicted molar refractivity (Wildman–Crippen MR) is 101 cm³/mol. The quantitative estimate of drug-likeness (QED) is 0.836. The highest BCUT2D eigenvalue weighted by atomic mass is 16.2. The maximum Gasteiger partial charge on any atom is 0.241 e. The lowest BCUT2D eigenvalue weighted by Gasteiger charge is -2.19. The van der Waals surface area contributed by atoms with E-state index in [0.717, 1.165) is 18.4 Å². The van der Waals surface area contributed by atoms with Crippen molar-refractivity contribution in [1.29, 1.82) is 0 Å². The Morgan fingerprint density at radius 1 is 1.08 bits per heavy atom. The predicted octanol–water partition coefficient (Wildman–Crippen LogP) is 2.04. The largest absolute Gasteiger partial charge is 0.350 e. The lowest BCUT2D eigenvalue weighted by Crippen LogP contribution is -2.42. The molecule has 0 spiro atoms. The average molecular weight is 351 g/mol. The van der Waals surface area contributed by atoms with E-state index in [1.165, 1.54) is 5.56 Å². The van der Waals surface area contributed by atoms with E-state index in [1.54, 1.807) is 0 Å². The molecule has 0 aromatic heterocycles. The molecule has 26 heavy (non-hydrogen) atoms. The van der Waals surface area contributed by atoms with E-state index in [0.29, 0.717) is 19.5 Å². The van der Waals surface area contributed by atoms with E-state index in [9.17, 15) is 9.59 Å². The number of hydrogen-bond acceptors (Lipinski definition) is 3. The molecule has 5 heteroatoms. The van der Waals surface area contributed by atoms with E-state index in [1.807, 2.05) is 65.6 Å². The number of rotatable bonds is 6. The van der Waals surface area contributed by atoms with Crippen molar-refractivity contribution in [2.45, 2.75) is 31.3 Å². The molecule has 2 unspecified atom stereocenters. The van der Waals surface area contributed by atoms with Gasteiger partial charge in [-0.2, -0.15) is 0 Å². The van der Waals surface area contributed by atoms with E-state index in [2.05, 4.69) is 5.32 Å². The summed E-state index contributed by atoms with van der Waals surface area (Å²) in [6, 6.07) is 18.6. The summed E-state index contributed by atoms with van der Waals surface area (Å²) in [7, 11) is 0. The first-order chi connectivity index (χ1) is 12.6. The van der Waals surface area contributed by atoms with Crippen LogP contribution in [-0.4, -0.2) is 35.8 Å². The van der Waals surface area contributed by atoms with Crippen molar-refractivity contribution in [3.63, 3.8) is 0 Å². The third-order valence-electron chi connectivity index (χ3n) is 4.80. The Balaban J connectivity index is 1.46. The number of hydrogen-bond donors (Lipinski definition) is 2. The van der Waals surface area contributed by atoms with Gasteiger partial charge in [0.15, 0.2) is 0 Å². The lowest BCUT2D eigenvalue weighted by atomic mass is 10.1. The third-order valence-corrected chi connectivity index (χ3v) is 4.80. The van der Waals surface area contributed by atoms with Crippen LogP contribution in [0.4, 0.5) is 0 Å². The van der Waals surface area contributed by atoms with Crippen LogP contribution in [-0.2, 0) is 16.0 Å². The van der Waals surface area contributed by atoms with Crippen LogP contribution in [0.15, 0.2) is 60.7 Å². The van der Waals surface area contributed by atoms with Crippen LogP contribution in [0.25, 0.3) is 0 Å². The van der Waals surface area contributed by atoms with E-state index >= 15 is 0 Å². The SMILES string of the molecule is NC(C(=O)NC1CCN(C(=O)CCc2ccccc2)C1)c1ccccc1. The van der Waals surface area contributed by atoms with Gasteiger partial charge in [0.2, 0.25) is 11.8 Å². The Morgan fingerprint density at radius 3 is 2.42 bits per heavy atom. The summed E-state index contributed by atoms with van der Waals surface area (Å²) in [5.41, 5.74) is 7.99. The maximum absolute atomic E-state index is 12.4. The Morgan fingerprint density at radius 2 is 1.73 bits per heavy atom. The van der Waals surface area contributed by atoms with Crippen LogP contribution in [0, 0.1) is 0 Å². The van der Waals surface area contributed by atoms with Crippen molar-refractivity contribution in [3.05, 3.63) is 71.8 Å². The molecule has 1 saturated heterocycles. The second-order valence-electron chi connectivity index (χ2n) is 6.71. The summed E-state index contributed by atoms with van der Waals surface area (Å²) in [5.74, 6) is -0.0576. The van der Waals surface area contributed by atoms with Gasteiger partial charge in [-0.05, 0) is 24.0 Å². The van der Waals surface area contributed by atoms with Gasteiger partial charge in [0.25, 0.3) is 0 Å². The van der Waals surface area contributed by atoms with Crippen LogP contribution < -0.4 is 11.1 Å². The summed E-state index contributed by atoms with van der Waals surface area (Å²) in [6.45, 7) is 1.24. The Labute approximate surface area is 154 Å². The topological polar surface area (TPSA) is 75.4 Å². The first-order valence-electron chi connectivity index (χ1n) is 9.06. The van der Waals surface area contributed by atoms with Crippen LogP contribution in [0.2, 0.25) is 0 Å². The molecule has 136 valence electrons. The fourth-order valence-electron chi connectivity index (χ4n) is 3.26. The van der Waals surface area contributed by atoms with Crippen molar-refractivity contribution in [2.24, 2.45) is 5.73 Å². The van der Waals surface area contributed by atoms with Crippen LogP contribution in [0.3, 0.4) is 0 Å². The second kappa shape index (κ2) is 8.63. The fraction of sp³-hybridized carbons (Fsp3) is 0.333. The number of benzene rings is 2. The number of nitrogens with zero attached hydrogens (tertiary/aromatic N) is 1. The molecule has 2 amide bonds.